The first kappa shape index (κ1) is 68.8. The number of fused-ring (bicyclic) bond motifs is 6. The van der Waals surface area contributed by atoms with Crippen LogP contribution in [0.3, 0.4) is 0 Å². The summed E-state index contributed by atoms with van der Waals surface area (Å²) in [6.45, 7) is 18.7. The molecule has 4 heteroatoms. The van der Waals surface area contributed by atoms with Gasteiger partial charge < -0.3 is 19.6 Å². The molecule has 17 rings (SSSR count). The summed E-state index contributed by atoms with van der Waals surface area (Å²) < 4.78 is 0. The Kier molecular flexibility index (Phi) is 18.4. The lowest BCUT2D eigenvalue weighted by molar-refractivity contribution is 0.416. The lowest BCUT2D eigenvalue weighted by Crippen LogP contribution is -2.19. The van der Waals surface area contributed by atoms with E-state index in [2.05, 4.69) is 433 Å². The van der Waals surface area contributed by atoms with Gasteiger partial charge in [0.15, 0.2) is 0 Å². The maximum absolute atomic E-state index is 2.44. The summed E-state index contributed by atoms with van der Waals surface area (Å²) in [4.78, 5) is 9.59. The molecule has 0 fully saturated rings. The molecule has 0 spiro atoms. The Morgan fingerprint density at radius 1 is 0.287 bits per heavy atom. The van der Waals surface area contributed by atoms with Crippen molar-refractivity contribution in [3.8, 4) is 66.8 Å². The number of nitrogens with zero attached hydrogens (tertiary/aromatic N) is 4. The van der Waals surface area contributed by atoms with Gasteiger partial charge in [0.1, 0.15) is 0 Å². The van der Waals surface area contributed by atoms with Gasteiger partial charge in [0.25, 0.3) is 0 Å². The lowest BCUT2D eigenvalue weighted by atomic mass is 9.82. The van der Waals surface area contributed by atoms with E-state index in [1.165, 1.54) is 83.6 Å². The van der Waals surface area contributed by atoms with E-state index in [1.807, 2.05) is 0 Å². The van der Waals surface area contributed by atoms with Gasteiger partial charge in [0, 0.05) is 79.1 Å². The highest BCUT2D eigenvalue weighted by Crippen LogP contribution is 2.53. The zero-order valence-corrected chi connectivity index (χ0v) is 63.2. The third kappa shape index (κ3) is 12.9. The van der Waals surface area contributed by atoms with E-state index in [0.717, 1.165) is 98.5 Å². The predicted octanol–water partition coefficient (Wildman–Crippen LogP) is 29.5. The van der Waals surface area contributed by atoms with Crippen molar-refractivity contribution in [3.63, 3.8) is 0 Å². The highest BCUT2D eigenvalue weighted by Gasteiger charge is 2.38. The standard InChI is InChI=1S/C104H92N4/c1-9-71(3)73-32-48-85(49-33-73)105(87-52-36-75(37-53-87)77-40-56-91(57-41-77)107(83-24-13-11-14-25-83)93-64-66-97-95-28-17-19-30-99(95)103(5,6)101(97)69-93)89-60-44-79(45-61-89)81-22-21-23-82(68-81)80-46-62-90(63-47-80)106(86-50-34-74(35-51-86)72(4)10-2)88-54-38-76(39-55-88)78-42-58-92(59-43-78)108(84-26-15-12-16-27-84)94-65-67-98-96-29-18-20-31-100(96)104(7,8)102(98)70-94/h11-34,36-72,74H,9-10,35H2,1-8H3. The van der Waals surface area contributed by atoms with Crippen molar-refractivity contribution in [2.45, 2.75) is 91.4 Å². The van der Waals surface area contributed by atoms with Crippen molar-refractivity contribution in [1.29, 1.82) is 0 Å². The zero-order valence-electron chi connectivity index (χ0n) is 63.2. The van der Waals surface area contributed by atoms with Crippen molar-refractivity contribution in [1.82, 2.24) is 0 Å². The predicted molar refractivity (Wildman–Crippen MR) is 459 cm³/mol. The molecule has 14 aromatic rings. The Morgan fingerprint density at radius 3 is 0.963 bits per heavy atom. The zero-order chi connectivity index (χ0) is 73.6. The fourth-order valence-electron chi connectivity index (χ4n) is 17.0. The number of hydrogen-bond acceptors (Lipinski definition) is 4. The maximum Gasteiger partial charge on any atom is 0.0465 e. The average molecular weight is 1400 g/mol. The molecule has 0 heterocycles. The van der Waals surface area contributed by atoms with E-state index in [9.17, 15) is 0 Å². The third-order valence-electron chi connectivity index (χ3n) is 23.7. The topological polar surface area (TPSA) is 13.0 Å². The quantitative estimate of drug-likeness (QED) is 0.0754. The second-order valence-corrected chi connectivity index (χ2v) is 30.8. The molecule has 0 aliphatic heterocycles. The van der Waals surface area contributed by atoms with Gasteiger partial charge in [-0.1, -0.05) is 274 Å². The summed E-state index contributed by atoms with van der Waals surface area (Å²) in [5, 5.41) is 0. The summed E-state index contributed by atoms with van der Waals surface area (Å²) >= 11 is 0. The molecule has 3 unspecified atom stereocenters. The smallest absolute Gasteiger partial charge is 0.0465 e. The van der Waals surface area contributed by atoms with Crippen LogP contribution in [0.2, 0.25) is 0 Å². The molecule has 108 heavy (non-hydrogen) atoms. The van der Waals surface area contributed by atoms with Crippen molar-refractivity contribution in [3.05, 3.63) is 391 Å². The van der Waals surface area contributed by atoms with Crippen LogP contribution >= 0.6 is 0 Å². The van der Waals surface area contributed by atoms with Crippen LogP contribution in [-0.2, 0) is 10.8 Å². The highest BCUT2D eigenvalue weighted by molar-refractivity contribution is 5.90. The Balaban J connectivity index is 0.621. The molecule has 528 valence electrons. The third-order valence-corrected chi connectivity index (χ3v) is 23.7. The van der Waals surface area contributed by atoms with E-state index < -0.39 is 0 Å². The summed E-state index contributed by atoms with van der Waals surface area (Å²) in [6.07, 6.45) is 10.5. The minimum atomic E-state index is -0.101. The monoisotopic (exact) mass is 1400 g/mol. The summed E-state index contributed by atoms with van der Waals surface area (Å²) in [5.41, 5.74) is 34.8. The molecule has 0 N–H and O–H groups in total. The summed E-state index contributed by atoms with van der Waals surface area (Å²) in [7, 11) is 0. The van der Waals surface area contributed by atoms with E-state index in [-0.39, 0.29) is 10.8 Å². The average Bonchev–Trinajstić information content (AvgIpc) is 1.58. The number of allylic oxidation sites excluding steroid dienone is 3. The first-order chi connectivity index (χ1) is 52.8. The van der Waals surface area contributed by atoms with Crippen molar-refractivity contribution in [2.75, 3.05) is 19.6 Å². The van der Waals surface area contributed by atoms with Gasteiger partial charge in [-0.05, 0) is 271 Å². The lowest BCUT2D eigenvalue weighted by Gasteiger charge is -2.30. The van der Waals surface area contributed by atoms with Crippen LogP contribution in [0.4, 0.5) is 62.6 Å². The van der Waals surface area contributed by atoms with Gasteiger partial charge in [0.2, 0.25) is 0 Å². The molecule has 4 nitrogen and oxygen atoms in total. The fraction of sp³-hybridized carbons (Fsp3) is 0.154. The molecule has 3 atom stereocenters. The number of benzene rings is 14. The second kappa shape index (κ2) is 28.9. The molecule has 3 aliphatic carbocycles. The fourth-order valence-corrected chi connectivity index (χ4v) is 17.0. The first-order valence-electron chi connectivity index (χ1n) is 38.8. The SMILES string of the molecule is CCC(C)c1ccc(N(c2ccc(-c3ccc(N(c4ccccc4)c4ccc5c(c4)C(C)(C)c4ccccc4-5)cc3)cc2)c2ccc(-c3cccc(-c4ccc(N(C5=CCC(C(C)CC)C=C5)c5ccc(-c6ccc(N(c7ccccc7)c7ccc8c(c7)C(C)(C)c7ccccc7-8)cc6)cc5)cc4)c3)cc2)cc1. The number of anilines is 11. The van der Waals surface area contributed by atoms with Gasteiger partial charge in [-0.2, -0.15) is 0 Å². The van der Waals surface area contributed by atoms with Gasteiger partial charge in [-0.3, -0.25) is 0 Å². The Bertz CT molecular complexity index is 5620. The minimum Gasteiger partial charge on any atom is -0.311 e. The van der Waals surface area contributed by atoms with Crippen molar-refractivity contribution in [2.24, 2.45) is 11.8 Å². The molecule has 0 radical (unpaired) electrons. The summed E-state index contributed by atoms with van der Waals surface area (Å²) in [5.74, 6) is 1.62. The Hall–Kier alpha value is -12.2. The molecule has 0 bridgehead atoms. The summed E-state index contributed by atoms with van der Waals surface area (Å²) in [6, 6.07) is 126. The van der Waals surface area contributed by atoms with Gasteiger partial charge in [0.05, 0.1) is 0 Å². The van der Waals surface area contributed by atoms with Crippen LogP contribution in [-0.4, -0.2) is 0 Å². The van der Waals surface area contributed by atoms with Crippen LogP contribution in [0.25, 0.3) is 66.8 Å². The molecule has 0 amide bonds. The van der Waals surface area contributed by atoms with Crippen LogP contribution in [0.1, 0.15) is 108 Å². The van der Waals surface area contributed by atoms with E-state index in [1.54, 1.807) is 0 Å². The van der Waals surface area contributed by atoms with Gasteiger partial charge in [-0.15, -0.1) is 0 Å². The van der Waals surface area contributed by atoms with E-state index in [4.69, 9.17) is 0 Å². The Labute approximate surface area is 639 Å². The molecule has 14 aromatic carbocycles. The number of para-hydroxylation sites is 2. The molecular weight excluding hydrogens is 1310 g/mol. The maximum atomic E-state index is 2.44. The van der Waals surface area contributed by atoms with Crippen molar-refractivity contribution >= 4 is 62.6 Å². The van der Waals surface area contributed by atoms with Crippen LogP contribution in [0.5, 0.6) is 0 Å². The normalized spacial score (nSPS) is 14.7. The van der Waals surface area contributed by atoms with Crippen LogP contribution < -0.4 is 19.6 Å². The number of rotatable bonds is 20. The van der Waals surface area contributed by atoms with Crippen molar-refractivity contribution < 1.29 is 0 Å². The number of hydrogen-bond donors (Lipinski definition) is 0. The second-order valence-electron chi connectivity index (χ2n) is 30.8. The van der Waals surface area contributed by atoms with E-state index in [0.29, 0.717) is 17.8 Å². The van der Waals surface area contributed by atoms with Crippen LogP contribution in [0.15, 0.2) is 364 Å². The van der Waals surface area contributed by atoms with Gasteiger partial charge in [-0.25, -0.2) is 0 Å². The highest BCUT2D eigenvalue weighted by atomic mass is 15.2. The molecular formula is C104H92N4. The molecule has 0 saturated carbocycles. The molecule has 3 aliphatic rings. The Morgan fingerprint density at radius 2 is 0.602 bits per heavy atom. The first-order valence-corrected chi connectivity index (χ1v) is 38.8. The van der Waals surface area contributed by atoms with Gasteiger partial charge >= 0.3 is 0 Å². The molecule has 0 aromatic heterocycles. The largest absolute Gasteiger partial charge is 0.311 e. The van der Waals surface area contributed by atoms with E-state index >= 15 is 0 Å². The minimum absolute atomic E-state index is 0.0995. The molecule has 0 saturated heterocycles. The van der Waals surface area contributed by atoms with Crippen LogP contribution in [0, 0.1) is 11.8 Å².